The smallest absolute Gasteiger partial charge is 0.256 e. The van der Waals surface area contributed by atoms with Gasteiger partial charge in [0.25, 0.3) is 5.91 Å². The molecule has 88 valence electrons. The lowest BCUT2D eigenvalue weighted by Crippen LogP contribution is -2.51. The molecule has 0 unspecified atom stereocenters. The molecule has 0 bridgehead atoms. The highest BCUT2D eigenvalue weighted by molar-refractivity contribution is 5.88. The summed E-state index contributed by atoms with van der Waals surface area (Å²) in [6, 6.07) is -0.682. The number of aliphatic hydroxyl groups excluding tert-OH is 1. The Morgan fingerprint density at radius 1 is 1.13 bits per heavy atom. The molecule has 0 saturated heterocycles. The van der Waals surface area contributed by atoms with Gasteiger partial charge >= 0.3 is 0 Å². The van der Waals surface area contributed by atoms with Crippen molar-refractivity contribution >= 4 is 11.8 Å². The van der Waals surface area contributed by atoms with E-state index in [1.54, 1.807) is 20.9 Å². The molecule has 2 atom stereocenters. The Bertz CT molecular complexity index is 231. The van der Waals surface area contributed by atoms with Crippen LogP contribution in [0.1, 0.15) is 20.8 Å². The van der Waals surface area contributed by atoms with Crippen molar-refractivity contribution in [2.45, 2.75) is 32.9 Å². The van der Waals surface area contributed by atoms with Crippen molar-refractivity contribution in [2.24, 2.45) is 5.92 Å². The molecule has 2 amide bonds. The molecule has 0 aliphatic carbocycles. The number of rotatable bonds is 5. The van der Waals surface area contributed by atoms with Crippen molar-refractivity contribution in [1.82, 2.24) is 16.2 Å². The maximum atomic E-state index is 11.3. The van der Waals surface area contributed by atoms with E-state index in [9.17, 15) is 14.7 Å². The summed E-state index contributed by atoms with van der Waals surface area (Å²) in [7, 11) is 1.55. The maximum Gasteiger partial charge on any atom is 0.256 e. The first kappa shape index (κ1) is 13.9. The van der Waals surface area contributed by atoms with Crippen molar-refractivity contribution in [3.8, 4) is 0 Å². The third-order valence-electron chi connectivity index (χ3n) is 1.90. The molecule has 0 aromatic heterocycles. The summed E-state index contributed by atoms with van der Waals surface area (Å²) in [6.07, 6.45) is -1.09. The molecule has 0 radical (unpaired) electrons. The van der Waals surface area contributed by atoms with Crippen LogP contribution in [0.3, 0.4) is 0 Å². The summed E-state index contributed by atoms with van der Waals surface area (Å²) in [5.74, 6) is -1.07. The van der Waals surface area contributed by atoms with E-state index in [0.29, 0.717) is 0 Å². The third kappa shape index (κ3) is 4.75. The summed E-state index contributed by atoms with van der Waals surface area (Å²) in [5.41, 5.74) is 4.79. The quantitative estimate of drug-likeness (QED) is 0.433. The molecule has 0 aliphatic heterocycles. The SMILES string of the molecule is CNNC(=O)[C@H](C)NC(=O)[C@@H](O)C(C)C. The van der Waals surface area contributed by atoms with Gasteiger partial charge in [0.1, 0.15) is 12.1 Å². The Morgan fingerprint density at radius 3 is 2.07 bits per heavy atom. The average molecular weight is 217 g/mol. The predicted molar refractivity (Wildman–Crippen MR) is 55.7 cm³/mol. The van der Waals surface area contributed by atoms with E-state index in [-0.39, 0.29) is 11.8 Å². The van der Waals surface area contributed by atoms with Crippen molar-refractivity contribution in [3.63, 3.8) is 0 Å². The van der Waals surface area contributed by atoms with Crippen LogP contribution in [0.5, 0.6) is 0 Å². The standard InChI is InChI=1S/C9H19N3O3/c1-5(2)7(13)9(15)11-6(3)8(14)12-10-4/h5-7,10,13H,1-4H3,(H,11,15)(H,12,14)/t6-,7-/m0/s1. The van der Waals surface area contributed by atoms with Crippen LogP contribution in [-0.2, 0) is 9.59 Å². The molecular formula is C9H19N3O3. The van der Waals surface area contributed by atoms with Crippen LogP contribution in [0.25, 0.3) is 0 Å². The van der Waals surface area contributed by atoms with E-state index in [4.69, 9.17) is 0 Å². The summed E-state index contributed by atoms with van der Waals surface area (Å²) < 4.78 is 0. The van der Waals surface area contributed by atoms with Gasteiger partial charge in [-0.05, 0) is 12.8 Å². The number of carbonyl (C=O) groups excluding carboxylic acids is 2. The highest BCUT2D eigenvalue weighted by Gasteiger charge is 2.22. The van der Waals surface area contributed by atoms with Gasteiger partial charge in [0, 0.05) is 7.05 Å². The lowest BCUT2D eigenvalue weighted by atomic mass is 10.1. The molecular weight excluding hydrogens is 198 g/mol. The minimum Gasteiger partial charge on any atom is -0.383 e. The highest BCUT2D eigenvalue weighted by Crippen LogP contribution is 2.00. The number of nitrogens with one attached hydrogen (secondary N) is 3. The van der Waals surface area contributed by atoms with E-state index in [1.807, 2.05) is 0 Å². The second-order valence-electron chi connectivity index (χ2n) is 3.66. The summed E-state index contributed by atoms with van der Waals surface area (Å²) in [4.78, 5) is 22.5. The first-order chi connectivity index (χ1) is 6.90. The molecule has 6 heteroatoms. The van der Waals surface area contributed by atoms with Gasteiger partial charge in [-0.15, -0.1) is 0 Å². The topological polar surface area (TPSA) is 90.5 Å². The zero-order valence-corrected chi connectivity index (χ0v) is 9.50. The van der Waals surface area contributed by atoms with Gasteiger partial charge in [-0.3, -0.25) is 15.0 Å². The number of amides is 2. The van der Waals surface area contributed by atoms with Crippen molar-refractivity contribution in [1.29, 1.82) is 0 Å². The van der Waals surface area contributed by atoms with Gasteiger partial charge in [0.15, 0.2) is 0 Å². The van der Waals surface area contributed by atoms with Crippen molar-refractivity contribution in [2.75, 3.05) is 7.05 Å². The van der Waals surface area contributed by atoms with Gasteiger partial charge in [-0.25, -0.2) is 5.43 Å². The first-order valence-electron chi connectivity index (χ1n) is 4.85. The van der Waals surface area contributed by atoms with Crippen molar-refractivity contribution < 1.29 is 14.7 Å². The van der Waals surface area contributed by atoms with Gasteiger partial charge < -0.3 is 10.4 Å². The minimum atomic E-state index is -1.09. The minimum absolute atomic E-state index is 0.176. The van der Waals surface area contributed by atoms with Gasteiger partial charge in [-0.2, -0.15) is 0 Å². The average Bonchev–Trinajstić information content (AvgIpc) is 2.16. The van der Waals surface area contributed by atoms with Crippen molar-refractivity contribution in [3.05, 3.63) is 0 Å². The molecule has 0 heterocycles. The number of aliphatic hydroxyl groups is 1. The van der Waals surface area contributed by atoms with Gasteiger partial charge in [0.2, 0.25) is 5.91 Å². The van der Waals surface area contributed by atoms with Crippen LogP contribution in [-0.4, -0.2) is 36.1 Å². The lowest BCUT2D eigenvalue weighted by molar-refractivity contribution is -0.135. The van der Waals surface area contributed by atoms with Gasteiger partial charge in [-0.1, -0.05) is 13.8 Å². The zero-order chi connectivity index (χ0) is 12.0. The molecule has 0 saturated carbocycles. The fourth-order valence-corrected chi connectivity index (χ4v) is 0.899. The van der Waals surface area contributed by atoms with Crippen LogP contribution < -0.4 is 16.2 Å². The van der Waals surface area contributed by atoms with Crippen LogP contribution in [0.4, 0.5) is 0 Å². The first-order valence-corrected chi connectivity index (χ1v) is 4.85. The molecule has 0 spiro atoms. The Hall–Kier alpha value is -1.14. The summed E-state index contributed by atoms with van der Waals surface area (Å²) in [6.45, 7) is 4.99. The molecule has 0 aliphatic rings. The fraction of sp³-hybridized carbons (Fsp3) is 0.778. The molecule has 4 N–H and O–H groups in total. The maximum absolute atomic E-state index is 11.3. The number of hydrazine groups is 1. The number of hydrogen-bond donors (Lipinski definition) is 4. The van der Waals surface area contributed by atoms with E-state index >= 15 is 0 Å². The van der Waals surface area contributed by atoms with E-state index < -0.39 is 18.1 Å². The Kier molecular flexibility index (Phi) is 5.88. The van der Waals surface area contributed by atoms with Crippen LogP contribution in [0.15, 0.2) is 0 Å². The van der Waals surface area contributed by atoms with Crippen LogP contribution in [0, 0.1) is 5.92 Å². The van der Waals surface area contributed by atoms with E-state index in [0.717, 1.165) is 0 Å². The monoisotopic (exact) mass is 217 g/mol. The normalized spacial score (nSPS) is 14.5. The largest absolute Gasteiger partial charge is 0.383 e. The van der Waals surface area contributed by atoms with Gasteiger partial charge in [0.05, 0.1) is 0 Å². The van der Waals surface area contributed by atoms with Crippen LogP contribution in [0.2, 0.25) is 0 Å². The van der Waals surface area contributed by atoms with Crippen LogP contribution >= 0.6 is 0 Å². The Labute approximate surface area is 89.4 Å². The summed E-state index contributed by atoms with van der Waals surface area (Å²) >= 11 is 0. The second-order valence-corrected chi connectivity index (χ2v) is 3.66. The van der Waals surface area contributed by atoms with E-state index in [1.165, 1.54) is 6.92 Å². The second kappa shape index (κ2) is 6.36. The fourth-order valence-electron chi connectivity index (χ4n) is 0.899. The highest BCUT2D eigenvalue weighted by atomic mass is 16.3. The Morgan fingerprint density at radius 2 is 1.67 bits per heavy atom. The Balaban J connectivity index is 4.12. The number of carbonyl (C=O) groups is 2. The summed E-state index contributed by atoms with van der Waals surface area (Å²) in [5, 5.41) is 11.8. The lowest BCUT2D eigenvalue weighted by Gasteiger charge is -2.18. The molecule has 0 fully saturated rings. The van der Waals surface area contributed by atoms with E-state index in [2.05, 4.69) is 16.2 Å². The number of hydrogen-bond acceptors (Lipinski definition) is 4. The third-order valence-corrected chi connectivity index (χ3v) is 1.90. The molecule has 0 rings (SSSR count). The molecule has 6 nitrogen and oxygen atoms in total. The molecule has 15 heavy (non-hydrogen) atoms. The predicted octanol–water partition coefficient (Wildman–Crippen LogP) is -1.24. The molecule has 0 aromatic rings. The molecule has 0 aromatic carbocycles. The zero-order valence-electron chi connectivity index (χ0n) is 9.50.